The fourth-order valence-corrected chi connectivity index (χ4v) is 3.13. The Morgan fingerprint density at radius 3 is 1.90 bits per heavy atom. The Morgan fingerprint density at radius 1 is 0.828 bits per heavy atom. The molecular weight excluding hydrogens is 436 g/mol. The lowest BCUT2D eigenvalue weighted by atomic mass is 10.2. The first-order chi connectivity index (χ1) is 14.2. The molecule has 156 valence electrons. The second-order valence-corrected chi connectivity index (χ2v) is 7.26. The van der Waals surface area contributed by atoms with Crippen molar-refractivity contribution in [3.05, 3.63) is 64.1 Å². The average Bonchev–Trinajstić information content (AvgIpc) is 2.81. The molecule has 2 heterocycles. The molecule has 29 heavy (non-hydrogen) atoms. The number of nitrogens with zero attached hydrogens (tertiary/aromatic N) is 1. The Bertz CT molecular complexity index is 736. The van der Waals surface area contributed by atoms with Gasteiger partial charge in [0.1, 0.15) is 12.6 Å². The smallest absolute Gasteiger partial charge is 0.150 e. The summed E-state index contributed by atoms with van der Waals surface area (Å²) in [4.78, 5) is 23.0. The van der Waals surface area contributed by atoms with Crippen molar-refractivity contribution in [1.29, 1.82) is 0 Å². The first kappa shape index (κ1) is 23.2. The summed E-state index contributed by atoms with van der Waals surface area (Å²) in [5.41, 5.74) is 2.54. The molecule has 0 saturated carbocycles. The maximum absolute atomic E-state index is 10.6. The number of ether oxygens (including phenoxy) is 2. The fourth-order valence-electron chi connectivity index (χ4n) is 2.71. The first-order valence-electron chi connectivity index (χ1n) is 9.60. The molecule has 0 spiro atoms. The van der Waals surface area contributed by atoms with E-state index in [1.807, 2.05) is 36.4 Å². The lowest BCUT2D eigenvalue weighted by Crippen LogP contribution is -2.36. The number of halogens is 1. The van der Waals surface area contributed by atoms with E-state index in [1.54, 1.807) is 12.1 Å². The highest BCUT2D eigenvalue weighted by molar-refractivity contribution is 9.10. The summed E-state index contributed by atoms with van der Waals surface area (Å²) in [5, 5.41) is 3.16. The van der Waals surface area contributed by atoms with Gasteiger partial charge in [0.25, 0.3) is 0 Å². The standard InChI is InChI=1S/C11H13NO2.C7H5BrO.C4H9NO/c13-9-10-2-1-3-11(8-10)12-4-6-14-7-5-12;8-7-3-1-2-6(4-7)5-9;1-3-6-4-2-5-1/h1-3,8-9H,4-7H2;1-5H;5H,1-4H2. The van der Waals surface area contributed by atoms with Crippen LogP contribution in [0.5, 0.6) is 0 Å². The number of morpholine rings is 2. The van der Waals surface area contributed by atoms with Crippen molar-refractivity contribution in [3.63, 3.8) is 0 Å². The second kappa shape index (κ2) is 14.0. The van der Waals surface area contributed by atoms with Gasteiger partial charge in [-0.25, -0.2) is 0 Å². The van der Waals surface area contributed by atoms with Crippen LogP contribution < -0.4 is 10.2 Å². The minimum Gasteiger partial charge on any atom is -0.379 e. The summed E-state index contributed by atoms with van der Waals surface area (Å²) >= 11 is 3.24. The normalized spacial score (nSPS) is 15.8. The molecule has 0 unspecified atom stereocenters. The number of carbonyl (C=O) groups excluding carboxylic acids is 2. The molecule has 2 aromatic rings. The Hall–Kier alpha value is -2.06. The van der Waals surface area contributed by atoms with Crippen molar-refractivity contribution < 1.29 is 19.1 Å². The van der Waals surface area contributed by atoms with E-state index < -0.39 is 0 Å². The third-order valence-electron chi connectivity index (χ3n) is 4.21. The van der Waals surface area contributed by atoms with E-state index >= 15 is 0 Å². The van der Waals surface area contributed by atoms with E-state index in [2.05, 4.69) is 26.1 Å². The summed E-state index contributed by atoms with van der Waals surface area (Å²) in [6.45, 7) is 7.18. The van der Waals surface area contributed by atoms with Gasteiger partial charge in [-0.05, 0) is 24.3 Å². The number of nitrogens with one attached hydrogen (secondary N) is 1. The molecule has 2 fully saturated rings. The third kappa shape index (κ3) is 9.32. The quantitative estimate of drug-likeness (QED) is 0.706. The van der Waals surface area contributed by atoms with Crippen LogP contribution in [0.3, 0.4) is 0 Å². The lowest BCUT2D eigenvalue weighted by molar-refractivity contribution is 0.109. The first-order valence-corrected chi connectivity index (χ1v) is 10.4. The van der Waals surface area contributed by atoms with Crippen LogP contribution >= 0.6 is 15.9 Å². The Balaban J connectivity index is 0.000000171. The molecule has 0 radical (unpaired) electrons. The topological polar surface area (TPSA) is 67.9 Å². The molecule has 6 nitrogen and oxygen atoms in total. The number of benzene rings is 2. The molecule has 0 bridgehead atoms. The minimum absolute atomic E-state index is 0.698. The van der Waals surface area contributed by atoms with Gasteiger partial charge in [0, 0.05) is 47.5 Å². The molecule has 1 N–H and O–H groups in total. The average molecular weight is 463 g/mol. The Kier molecular flexibility index (Phi) is 11.2. The van der Waals surface area contributed by atoms with Gasteiger partial charge in [0.15, 0.2) is 0 Å². The van der Waals surface area contributed by atoms with Crippen molar-refractivity contribution in [1.82, 2.24) is 5.32 Å². The van der Waals surface area contributed by atoms with E-state index in [0.29, 0.717) is 5.56 Å². The zero-order valence-corrected chi connectivity index (χ0v) is 18.0. The van der Waals surface area contributed by atoms with Crippen molar-refractivity contribution in [2.24, 2.45) is 0 Å². The molecule has 7 heteroatoms. The molecule has 4 rings (SSSR count). The van der Waals surface area contributed by atoms with Gasteiger partial charge < -0.3 is 19.7 Å². The van der Waals surface area contributed by atoms with Crippen molar-refractivity contribution in [2.45, 2.75) is 0 Å². The monoisotopic (exact) mass is 462 g/mol. The van der Waals surface area contributed by atoms with Gasteiger partial charge >= 0.3 is 0 Å². The zero-order chi connectivity index (χ0) is 20.7. The SMILES string of the molecule is C1COCCN1.O=Cc1cccc(Br)c1.O=Cc1cccc(N2CCOCC2)c1. The van der Waals surface area contributed by atoms with E-state index in [-0.39, 0.29) is 0 Å². The highest BCUT2D eigenvalue weighted by Gasteiger charge is 2.10. The highest BCUT2D eigenvalue weighted by atomic mass is 79.9. The molecule has 0 atom stereocenters. The van der Waals surface area contributed by atoms with Crippen molar-refractivity contribution in [2.75, 3.05) is 57.5 Å². The van der Waals surface area contributed by atoms with Crippen molar-refractivity contribution in [3.8, 4) is 0 Å². The predicted octanol–water partition coefficient (Wildman–Crippen LogP) is 3.20. The summed E-state index contributed by atoms with van der Waals surface area (Å²) in [7, 11) is 0. The van der Waals surface area contributed by atoms with Gasteiger partial charge in [-0.15, -0.1) is 0 Å². The number of rotatable bonds is 3. The molecule has 2 saturated heterocycles. The fraction of sp³-hybridized carbons (Fsp3) is 0.364. The number of carbonyl (C=O) groups is 2. The maximum atomic E-state index is 10.6. The van der Waals surface area contributed by atoms with Gasteiger partial charge in [0.05, 0.1) is 26.4 Å². The molecule has 0 aromatic heterocycles. The van der Waals surface area contributed by atoms with Crippen LogP contribution in [0.2, 0.25) is 0 Å². The van der Waals surface area contributed by atoms with Crippen LogP contribution in [0, 0.1) is 0 Å². The van der Waals surface area contributed by atoms with Crippen LogP contribution in [0.25, 0.3) is 0 Å². The van der Waals surface area contributed by atoms with E-state index in [0.717, 1.165) is 80.9 Å². The van der Waals surface area contributed by atoms with Gasteiger partial charge in [0.2, 0.25) is 0 Å². The predicted molar refractivity (Wildman–Crippen MR) is 118 cm³/mol. The van der Waals surface area contributed by atoms with Crippen LogP contribution in [0.1, 0.15) is 20.7 Å². The van der Waals surface area contributed by atoms with Gasteiger partial charge in [-0.3, -0.25) is 9.59 Å². The summed E-state index contributed by atoms with van der Waals surface area (Å²) in [6, 6.07) is 14.9. The van der Waals surface area contributed by atoms with Crippen LogP contribution in [0.15, 0.2) is 53.0 Å². The lowest BCUT2D eigenvalue weighted by Gasteiger charge is -2.28. The number of anilines is 1. The highest BCUT2D eigenvalue weighted by Crippen LogP contribution is 2.16. The van der Waals surface area contributed by atoms with Gasteiger partial charge in [-0.1, -0.05) is 40.2 Å². The molecule has 0 aliphatic carbocycles. The zero-order valence-electron chi connectivity index (χ0n) is 16.4. The molecular formula is C22H27BrN2O4. The number of aldehydes is 2. The Labute approximate surface area is 180 Å². The van der Waals surface area contributed by atoms with Crippen LogP contribution in [-0.2, 0) is 9.47 Å². The number of hydrogen-bond acceptors (Lipinski definition) is 6. The maximum Gasteiger partial charge on any atom is 0.150 e. The Morgan fingerprint density at radius 2 is 1.41 bits per heavy atom. The second-order valence-electron chi connectivity index (χ2n) is 6.35. The summed E-state index contributed by atoms with van der Waals surface area (Å²) in [5.74, 6) is 0. The van der Waals surface area contributed by atoms with E-state index in [9.17, 15) is 9.59 Å². The summed E-state index contributed by atoms with van der Waals surface area (Å²) in [6.07, 6.45) is 1.70. The van der Waals surface area contributed by atoms with Crippen LogP contribution in [0.4, 0.5) is 5.69 Å². The van der Waals surface area contributed by atoms with Crippen LogP contribution in [-0.4, -0.2) is 65.2 Å². The van der Waals surface area contributed by atoms with E-state index in [4.69, 9.17) is 9.47 Å². The van der Waals surface area contributed by atoms with Crippen molar-refractivity contribution >= 4 is 34.2 Å². The minimum atomic E-state index is 0.698. The molecule has 0 amide bonds. The molecule has 2 aromatic carbocycles. The molecule has 2 aliphatic heterocycles. The summed E-state index contributed by atoms with van der Waals surface area (Å²) < 4.78 is 11.2. The van der Waals surface area contributed by atoms with E-state index in [1.165, 1.54) is 0 Å². The van der Waals surface area contributed by atoms with Gasteiger partial charge in [-0.2, -0.15) is 0 Å². The largest absolute Gasteiger partial charge is 0.379 e. The number of hydrogen-bond donors (Lipinski definition) is 1. The third-order valence-corrected chi connectivity index (χ3v) is 4.71. The molecule has 2 aliphatic rings.